The molecule has 16 heavy (non-hydrogen) atoms. The monoisotopic (exact) mass is 262 g/mol. The van der Waals surface area contributed by atoms with E-state index in [9.17, 15) is 8.42 Å². The molecule has 0 bridgehead atoms. The molecule has 1 atom stereocenters. The average Bonchev–Trinajstić information content (AvgIpc) is 2.69. The summed E-state index contributed by atoms with van der Waals surface area (Å²) in [5.74, 6) is 0.169. The van der Waals surface area contributed by atoms with E-state index in [0.29, 0.717) is 13.0 Å². The van der Waals surface area contributed by atoms with Crippen molar-refractivity contribution in [3.63, 3.8) is 0 Å². The summed E-state index contributed by atoms with van der Waals surface area (Å²) in [5.41, 5.74) is 1.02. The van der Waals surface area contributed by atoms with Gasteiger partial charge in [-0.3, -0.25) is 0 Å². The number of sulfonamides is 1. The van der Waals surface area contributed by atoms with Crippen molar-refractivity contribution in [2.24, 2.45) is 0 Å². The summed E-state index contributed by atoms with van der Waals surface area (Å²) < 4.78 is 26.0. The minimum Gasteiger partial charge on any atom is -0.320 e. The minimum atomic E-state index is -3.16. The quantitative estimate of drug-likeness (QED) is 0.729. The lowest BCUT2D eigenvalue weighted by Crippen LogP contribution is -2.30. The highest BCUT2D eigenvalue weighted by Gasteiger charge is 2.15. The SMILES string of the molecule is CNCCCS(=O)(=O)NC(C)c1ccsc1. The lowest BCUT2D eigenvalue weighted by Gasteiger charge is -2.12. The Morgan fingerprint density at radius 2 is 2.25 bits per heavy atom. The largest absolute Gasteiger partial charge is 0.320 e. The molecule has 1 aromatic rings. The van der Waals surface area contributed by atoms with E-state index in [4.69, 9.17) is 0 Å². The second-order valence-electron chi connectivity index (χ2n) is 3.67. The molecule has 92 valence electrons. The van der Waals surface area contributed by atoms with Crippen molar-refractivity contribution in [3.05, 3.63) is 22.4 Å². The van der Waals surface area contributed by atoms with Gasteiger partial charge in [0.15, 0.2) is 0 Å². The maximum Gasteiger partial charge on any atom is 0.212 e. The molecule has 2 N–H and O–H groups in total. The second-order valence-corrected chi connectivity index (χ2v) is 6.33. The third-order valence-electron chi connectivity index (χ3n) is 2.24. The van der Waals surface area contributed by atoms with E-state index in [2.05, 4.69) is 10.0 Å². The van der Waals surface area contributed by atoms with Gasteiger partial charge in [-0.2, -0.15) is 11.3 Å². The average molecular weight is 262 g/mol. The predicted octanol–water partition coefficient (Wildman–Crippen LogP) is 1.34. The number of thiophene rings is 1. The molecule has 0 aliphatic carbocycles. The zero-order valence-electron chi connectivity index (χ0n) is 9.56. The van der Waals surface area contributed by atoms with Gasteiger partial charge in [0.1, 0.15) is 0 Å². The predicted molar refractivity (Wildman–Crippen MR) is 68.2 cm³/mol. The van der Waals surface area contributed by atoms with Crippen molar-refractivity contribution in [3.8, 4) is 0 Å². The zero-order valence-corrected chi connectivity index (χ0v) is 11.2. The lowest BCUT2D eigenvalue weighted by molar-refractivity contribution is 0.563. The Bertz CT molecular complexity index is 387. The number of nitrogens with one attached hydrogen (secondary N) is 2. The van der Waals surface area contributed by atoms with Crippen LogP contribution in [-0.2, 0) is 10.0 Å². The fraction of sp³-hybridized carbons (Fsp3) is 0.600. The van der Waals surface area contributed by atoms with Crippen LogP contribution in [0, 0.1) is 0 Å². The molecular weight excluding hydrogens is 244 g/mol. The van der Waals surface area contributed by atoms with Gasteiger partial charge in [-0.15, -0.1) is 0 Å². The first-order chi connectivity index (χ1) is 7.55. The fourth-order valence-corrected chi connectivity index (χ4v) is 3.43. The zero-order chi connectivity index (χ0) is 12.0. The van der Waals surface area contributed by atoms with Crippen molar-refractivity contribution in [2.45, 2.75) is 19.4 Å². The summed E-state index contributed by atoms with van der Waals surface area (Å²) in [6, 6.07) is 1.79. The van der Waals surface area contributed by atoms with E-state index in [1.165, 1.54) is 0 Å². The number of rotatable bonds is 7. The Hall–Kier alpha value is -0.430. The molecule has 0 spiro atoms. The van der Waals surface area contributed by atoms with E-state index in [-0.39, 0.29) is 11.8 Å². The Balaban J connectivity index is 2.46. The normalized spacial score (nSPS) is 13.9. The Morgan fingerprint density at radius 1 is 1.50 bits per heavy atom. The summed E-state index contributed by atoms with van der Waals surface area (Å²) in [6.45, 7) is 2.57. The minimum absolute atomic E-state index is 0.147. The fourth-order valence-electron chi connectivity index (χ4n) is 1.36. The van der Waals surface area contributed by atoms with Crippen molar-refractivity contribution in [1.29, 1.82) is 0 Å². The maximum absolute atomic E-state index is 11.7. The van der Waals surface area contributed by atoms with E-state index >= 15 is 0 Å². The van der Waals surface area contributed by atoms with E-state index in [1.54, 1.807) is 11.3 Å². The Labute approximate surface area is 101 Å². The van der Waals surface area contributed by atoms with Crippen LogP contribution in [0.1, 0.15) is 24.9 Å². The highest BCUT2D eigenvalue weighted by Crippen LogP contribution is 2.16. The molecule has 1 aromatic heterocycles. The van der Waals surface area contributed by atoms with Crippen LogP contribution in [0.5, 0.6) is 0 Å². The van der Waals surface area contributed by atoms with E-state index < -0.39 is 10.0 Å². The van der Waals surface area contributed by atoms with Crippen LogP contribution < -0.4 is 10.0 Å². The summed E-state index contributed by atoms with van der Waals surface area (Å²) in [5, 5.41) is 6.84. The van der Waals surface area contributed by atoms with Crippen LogP contribution >= 0.6 is 11.3 Å². The van der Waals surface area contributed by atoms with Crippen molar-refractivity contribution in [1.82, 2.24) is 10.0 Å². The molecule has 0 amide bonds. The van der Waals surface area contributed by atoms with Gasteiger partial charge in [0, 0.05) is 6.04 Å². The topological polar surface area (TPSA) is 58.2 Å². The van der Waals surface area contributed by atoms with Gasteiger partial charge in [0.2, 0.25) is 10.0 Å². The van der Waals surface area contributed by atoms with Gasteiger partial charge < -0.3 is 5.32 Å². The van der Waals surface area contributed by atoms with Crippen LogP contribution in [0.25, 0.3) is 0 Å². The standard InChI is InChI=1S/C10H18N2O2S2/c1-9(10-4-6-15-8-10)12-16(13,14)7-3-5-11-2/h4,6,8-9,11-12H,3,5,7H2,1-2H3. The van der Waals surface area contributed by atoms with Gasteiger partial charge in [0.25, 0.3) is 0 Å². The summed E-state index contributed by atoms with van der Waals surface area (Å²) in [6.07, 6.45) is 0.627. The van der Waals surface area contributed by atoms with E-state index in [1.807, 2.05) is 30.8 Å². The van der Waals surface area contributed by atoms with Crippen LogP contribution in [0.2, 0.25) is 0 Å². The third kappa shape index (κ3) is 4.61. The van der Waals surface area contributed by atoms with Crippen LogP contribution in [0.3, 0.4) is 0 Å². The number of hydrogen-bond donors (Lipinski definition) is 2. The van der Waals surface area contributed by atoms with Gasteiger partial charge >= 0.3 is 0 Å². The molecule has 6 heteroatoms. The lowest BCUT2D eigenvalue weighted by atomic mass is 10.2. The smallest absolute Gasteiger partial charge is 0.212 e. The first-order valence-corrected chi connectivity index (χ1v) is 7.81. The number of hydrogen-bond acceptors (Lipinski definition) is 4. The Kier molecular flexibility index (Phi) is 5.40. The van der Waals surface area contributed by atoms with Gasteiger partial charge in [-0.1, -0.05) is 0 Å². The molecule has 0 saturated carbocycles. The summed E-state index contributed by atoms with van der Waals surface area (Å²) in [4.78, 5) is 0. The molecule has 0 saturated heterocycles. The Morgan fingerprint density at radius 3 is 2.81 bits per heavy atom. The third-order valence-corrected chi connectivity index (χ3v) is 4.48. The first kappa shape index (κ1) is 13.6. The van der Waals surface area contributed by atoms with Crippen molar-refractivity contribution in [2.75, 3.05) is 19.3 Å². The van der Waals surface area contributed by atoms with Gasteiger partial charge in [-0.25, -0.2) is 13.1 Å². The molecular formula is C10H18N2O2S2. The van der Waals surface area contributed by atoms with Gasteiger partial charge in [0.05, 0.1) is 5.75 Å². The van der Waals surface area contributed by atoms with Crippen molar-refractivity contribution >= 4 is 21.4 Å². The van der Waals surface area contributed by atoms with Crippen LogP contribution in [0.15, 0.2) is 16.8 Å². The van der Waals surface area contributed by atoms with E-state index in [0.717, 1.165) is 5.56 Å². The molecule has 0 radical (unpaired) electrons. The molecule has 0 aliphatic rings. The first-order valence-electron chi connectivity index (χ1n) is 5.22. The highest BCUT2D eigenvalue weighted by molar-refractivity contribution is 7.89. The molecule has 0 aliphatic heterocycles. The highest BCUT2D eigenvalue weighted by atomic mass is 32.2. The van der Waals surface area contributed by atoms with Crippen molar-refractivity contribution < 1.29 is 8.42 Å². The van der Waals surface area contributed by atoms with Gasteiger partial charge in [-0.05, 0) is 49.3 Å². The molecule has 0 aromatic carbocycles. The van der Waals surface area contributed by atoms with Crippen LogP contribution in [-0.4, -0.2) is 27.8 Å². The molecule has 0 fully saturated rings. The van der Waals surface area contributed by atoms with Crippen LogP contribution in [0.4, 0.5) is 0 Å². The second kappa shape index (κ2) is 6.34. The molecule has 1 heterocycles. The summed E-state index contributed by atoms with van der Waals surface area (Å²) >= 11 is 1.57. The molecule has 1 unspecified atom stereocenters. The molecule has 4 nitrogen and oxygen atoms in total. The summed E-state index contributed by atoms with van der Waals surface area (Å²) in [7, 11) is -1.35. The maximum atomic E-state index is 11.7. The molecule has 1 rings (SSSR count).